The highest BCUT2D eigenvalue weighted by molar-refractivity contribution is 6.00. The second kappa shape index (κ2) is 5.99. The van der Waals surface area contributed by atoms with Crippen molar-refractivity contribution < 1.29 is 14.3 Å². The van der Waals surface area contributed by atoms with E-state index in [-0.39, 0.29) is 11.9 Å². The molecule has 1 aromatic carbocycles. The van der Waals surface area contributed by atoms with Gasteiger partial charge in [-0.05, 0) is 52.7 Å². The zero-order valence-electron chi connectivity index (χ0n) is 13.8. The summed E-state index contributed by atoms with van der Waals surface area (Å²) in [7, 11) is 0. The summed E-state index contributed by atoms with van der Waals surface area (Å²) in [6.45, 7) is 9.06. The van der Waals surface area contributed by atoms with E-state index in [1.54, 1.807) is 32.6 Å². The molecule has 0 bridgehead atoms. The van der Waals surface area contributed by atoms with Crippen LogP contribution in [0.2, 0.25) is 0 Å². The van der Waals surface area contributed by atoms with E-state index in [2.05, 4.69) is 5.32 Å². The molecule has 0 aliphatic carbocycles. The van der Waals surface area contributed by atoms with Gasteiger partial charge in [0.05, 0.1) is 0 Å². The Morgan fingerprint density at radius 3 is 2.59 bits per heavy atom. The summed E-state index contributed by atoms with van der Waals surface area (Å²) in [5, 5.41) is 2.61. The van der Waals surface area contributed by atoms with Gasteiger partial charge < -0.3 is 15.0 Å². The van der Waals surface area contributed by atoms with E-state index in [0.29, 0.717) is 0 Å². The highest BCUT2D eigenvalue weighted by Crippen LogP contribution is 2.32. The zero-order chi connectivity index (χ0) is 16.5. The summed E-state index contributed by atoms with van der Waals surface area (Å²) in [6.07, 6.45) is 0.259. The van der Waals surface area contributed by atoms with Crippen LogP contribution in [0.15, 0.2) is 24.3 Å². The summed E-state index contributed by atoms with van der Waals surface area (Å²) in [6, 6.07) is 7.32. The molecule has 2 amide bonds. The Morgan fingerprint density at radius 2 is 1.95 bits per heavy atom. The predicted molar refractivity (Wildman–Crippen MR) is 85.9 cm³/mol. The molecule has 0 saturated carbocycles. The van der Waals surface area contributed by atoms with Crippen LogP contribution in [0.1, 0.15) is 40.2 Å². The Kier molecular flexibility index (Phi) is 4.44. The van der Waals surface area contributed by atoms with Crippen molar-refractivity contribution >= 4 is 17.7 Å². The molecular weight excluding hydrogens is 280 g/mol. The number of hydrogen-bond acceptors (Lipinski definition) is 3. The maximum absolute atomic E-state index is 12.7. The number of fused-ring (bicyclic) bond motifs is 1. The molecule has 0 saturated heterocycles. The minimum absolute atomic E-state index is 0.0905. The lowest BCUT2D eigenvalue weighted by Gasteiger charge is -2.27. The summed E-state index contributed by atoms with van der Waals surface area (Å²) < 4.78 is 5.20. The summed E-state index contributed by atoms with van der Waals surface area (Å²) in [5.74, 6) is -0.122. The highest BCUT2D eigenvalue weighted by atomic mass is 16.6. The van der Waals surface area contributed by atoms with Gasteiger partial charge in [0.15, 0.2) is 0 Å². The maximum Gasteiger partial charge on any atom is 0.408 e. The lowest BCUT2D eigenvalue weighted by Crippen LogP contribution is -2.50. The van der Waals surface area contributed by atoms with Crippen molar-refractivity contribution in [2.75, 3.05) is 4.90 Å². The SMILES string of the molecule is C[C@@H]1Cc2ccccc2N1C(=O)[C@@H](C)NC(=O)OC(C)(C)C. The van der Waals surface area contributed by atoms with E-state index in [9.17, 15) is 9.59 Å². The van der Waals surface area contributed by atoms with Gasteiger partial charge in [0.1, 0.15) is 11.6 Å². The number of nitrogens with one attached hydrogen (secondary N) is 1. The normalized spacial score (nSPS) is 18.6. The number of amides is 2. The molecule has 1 aliphatic heterocycles. The van der Waals surface area contributed by atoms with Crippen LogP contribution in [0.4, 0.5) is 10.5 Å². The van der Waals surface area contributed by atoms with Crippen molar-refractivity contribution in [3.05, 3.63) is 29.8 Å². The van der Waals surface area contributed by atoms with E-state index in [4.69, 9.17) is 4.74 Å². The topological polar surface area (TPSA) is 58.6 Å². The average Bonchev–Trinajstić information content (AvgIpc) is 2.71. The lowest BCUT2D eigenvalue weighted by atomic mass is 10.1. The molecule has 1 heterocycles. The van der Waals surface area contributed by atoms with Crippen molar-refractivity contribution in [3.63, 3.8) is 0 Å². The molecule has 1 N–H and O–H groups in total. The highest BCUT2D eigenvalue weighted by Gasteiger charge is 2.34. The first kappa shape index (κ1) is 16.3. The van der Waals surface area contributed by atoms with Crippen LogP contribution in [-0.4, -0.2) is 29.7 Å². The quantitative estimate of drug-likeness (QED) is 0.914. The fraction of sp³-hybridized carbons (Fsp3) is 0.529. The fourth-order valence-electron chi connectivity index (χ4n) is 2.66. The summed E-state index contributed by atoms with van der Waals surface area (Å²) in [4.78, 5) is 26.2. The molecule has 5 nitrogen and oxygen atoms in total. The molecule has 0 aromatic heterocycles. The molecule has 22 heavy (non-hydrogen) atoms. The van der Waals surface area contributed by atoms with Gasteiger partial charge >= 0.3 is 6.09 Å². The number of carbonyl (C=O) groups excluding carboxylic acids is 2. The molecule has 0 unspecified atom stereocenters. The Balaban J connectivity index is 2.07. The molecule has 2 atom stereocenters. The van der Waals surface area contributed by atoms with E-state index < -0.39 is 17.7 Å². The zero-order valence-corrected chi connectivity index (χ0v) is 13.8. The molecule has 120 valence electrons. The van der Waals surface area contributed by atoms with Gasteiger partial charge in [-0.3, -0.25) is 4.79 Å². The third-order valence-corrected chi connectivity index (χ3v) is 3.55. The minimum atomic E-state index is -0.636. The smallest absolute Gasteiger partial charge is 0.408 e. The Labute approximate surface area is 131 Å². The number of nitrogens with zero attached hydrogens (tertiary/aromatic N) is 1. The van der Waals surface area contributed by atoms with Gasteiger partial charge in [0.25, 0.3) is 0 Å². The van der Waals surface area contributed by atoms with Crippen molar-refractivity contribution in [1.29, 1.82) is 0 Å². The van der Waals surface area contributed by atoms with Gasteiger partial charge in [-0.25, -0.2) is 4.79 Å². The maximum atomic E-state index is 12.7. The van der Waals surface area contributed by atoms with E-state index in [1.165, 1.54) is 0 Å². The third kappa shape index (κ3) is 3.59. The van der Waals surface area contributed by atoms with Gasteiger partial charge in [0, 0.05) is 11.7 Å². The number of para-hydroxylation sites is 1. The minimum Gasteiger partial charge on any atom is -0.444 e. The Morgan fingerprint density at radius 1 is 1.32 bits per heavy atom. The first-order valence-corrected chi connectivity index (χ1v) is 7.59. The van der Waals surface area contributed by atoms with Crippen LogP contribution in [0.5, 0.6) is 0 Å². The third-order valence-electron chi connectivity index (χ3n) is 3.55. The van der Waals surface area contributed by atoms with E-state index >= 15 is 0 Å². The molecule has 5 heteroatoms. The Bertz CT molecular complexity index is 578. The standard InChI is InChI=1S/C17H24N2O3/c1-11-10-13-8-6-7-9-14(13)19(11)15(20)12(2)18-16(21)22-17(3,4)5/h6-9,11-12H,10H2,1-5H3,(H,18,21)/t11-,12-/m1/s1. The van der Waals surface area contributed by atoms with Gasteiger partial charge in [-0.15, -0.1) is 0 Å². The molecule has 1 aliphatic rings. The molecule has 0 spiro atoms. The lowest BCUT2D eigenvalue weighted by molar-refractivity contribution is -0.120. The summed E-state index contributed by atoms with van der Waals surface area (Å²) >= 11 is 0. The van der Waals surface area contributed by atoms with Crippen LogP contribution in [0, 0.1) is 0 Å². The van der Waals surface area contributed by atoms with Crippen molar-refractivity contribution in [3.8, 4) is 0 Å². The molecule has 0 fully saturated rings. The van der Waals surface area contributed by atoms with Gasteiger partial charge in [-0.2, -0.15) is 0 Å². The molecule has 2 rings (SSSR count). The van der Waals surface area contributed by atoms with E-state index in [1.807, 2.05) is 31.2 Å². The number of carbonyl (C=O) groups is 2. The van der Waals surface area contributed by atoms with E-state index in [0.717, 1.165) is 17.7 Å². The van der Waals surface area contributed by atoms with Crippen molar-refractivity contribution in [2.45, 2.75) is 58.7 Å². The number of anilines is 1. The Hall–Kier alpha value is -2.04. The second-order valence-electron chi connectivity index (χ2n) is 6.76. The number of benzene rings is 1. The van der Waals surface area contributed by atoms with Crippen molar-refractivity contribution in [2.24, 2.45) is 0 Å². The largest absolute Gasteiger partial charge is 0.444 e. The molecule has 0 radical (unpaired) electrons. The average molecular weight is 304 g/mol. The predicted octanol–water partition coefficient (Wildman–Crippen LogP) is 2.88. The van der Waals surface area contributed by atoms with Crippen LogP contribution in [-0.2, 0) is 16.0 Å². The van der Waals surface area contributed by atoms with Crippen LogP contribution >= 0.6 is 0 Å². The van der Waals surface area contributed by atoms with Crippen LogP contribution < -0.4 is 10.2 Å². The second-order valence-corrected chi connectivity index (χ2v) is 6.76. The first-order chi connectivity index (χ1) is 10.2. The number of ether oxygens (including phenoxy) is 1. The van der Waals surface area contributed by atoms with Crippen LogP contribution in [0.25, 0.3) is 0 Å². The first-order valence-electron chi connectivity index (χ1n) is 7.59. The van der Waals surface area contributed by atoms with Gasteiger partial charge in [0.2, 0.25) is 5.91 Å². The number of hydrogen-bond donors (Lipinski definition) is 1. The van der Waals surface area contributed by atoms with Gasteiger partial charge in [-0.1, -0.05) is 18.2 Å². The number of alkyl carbamates (subject to hydrolysis) is 1. The molecule has 1 aromatic rings. The number of rotatable bonds is 2. The van der Waals surface area contributed by atoms with Crippen molar-refractivity contribution in [1.82, 2.24) is 5.32 Å². The fourth-order valence-corrected chi connectivity index (χ4v) is 2.66. The summed E-state index contributed by atoms with van der Waals surface area (Å²) in [5.41, 5.74) is 1.51. The molecular formula is C17H24N2O3. The van der Waals surface area contributed by atoms with Crippen LogP contribution in [0.3, 0.4) is 0 Å². The monoisotopic (exact) mass is 304 g/mol.